The Kier molecular flexibility index (Phi) is 8.44. The maximum Gasteiger partial charge on any atom is 0.222 e. The molecule has 1 saturated heterocycles. The van der Waals surface area contributed by atoms with Gasteiger partial charge in [0.1, 0.15) is 0 Å². The number of hydrogen-bond donors (Lipinski definition) is 3. The molecule has 2 amide bonds. The summed E-state index contributed by atoms with van der Waals surface area (Å²) in [6.45, 7) is 4.40. The van der Waals surface area contributed by atoms with Crippen LogP contribution in [0.2, 0.25) is 0 Å². The van der Waals surface area contributed by atoms with Crippen molar-refractivity contribution >= 4 is 41.7 Å². The van der Waals surface area contributed by atoms with Crippen LogP contribution in [0.15, 0.2) is 24.3 Å². The molecule has 3 N–H and O–H groups in total. The van der Waals surface area contributed by atoms with Crippen LogP contribution in [0, 0.1) is 0 Å². The lowest BCUT2D eigenvalue weighted by Gasteiger charge is -2.23. The Bertz CT molecular complexity index is 536. The molecule has 128 valence electrons. The highest BCUT2D eigenvalue weighted by Crippen LogP contribution is 2.18. The van der Waals surface area contributed by atoms with Crippen LogP contribution >= 0.6 is 24.2 Å². The van der Waals surface area contributed by atoms with Gasteiger partial charge in [0.15, 0.2) is 0 Å². The van der Waals surface area contributed by atoms with Crippen molar-refractivity contribution in [2.24, 2.45) is 0 Å². The number of carbonyl (C=O) groups excluding carboxylic acids is 2. The molecule has 1 aromatic carbocycles. The first kappa shape index (κ1) is 19.8. The van der Waals surface area contributed by atoms with Crippen molar-refractivity contribution in [2.45, 2.75) is 32.4 Å². The first-order valence-electron chi connectivity index (χ1n) is 7.52. The average molecular weight is 358 g/mol. The van der Waals surface area contributed by atoms with Crippen molar-refractivity contribution in [1.82, 2.24) is 10.6 Å². The number of thioether (sulfide) groups is 1. The molecule has 1 aliphatic rings. The number of rotatable bonds is 5. The van der Waals surface area contributed by atoms with Crippen LogP contribution in [0.1, 0.15) is 31.9 Å². The molecule has 1 heterocycles. The van der Waals surface area contributed by atoms with E-state index in [9.17, 15) is 9.59 Å². The van der Waals surface area contributed by atoms with Gasteiger partial charge in [-0.3, -0.25) is 9.59 Å². The van der Waals surface area contributed by atoms with Gasteiger partial charge >= 0.3 is 0 Å². The summed E-state index contributed by atoms with van der Waals surface area (Å²) in [5, 5.41) is 9.14. The highest BCUT2D eigenvalue weighted by atomic mass is 35.5. The Balaban J connectivity index is 0.00000264. The number of amides is 2. The molecule has 23 heavy (non-hydrogen) atoms. The molecule has 0 spiro atoms. The normalized spacial score (nSPS) is 18.4. The van der Waals surface area contributed by atoms with Crippen LogP contribution in [-0.4, -0.2) is 35.9 Å². The molecule has 5 nitrogen and oxygen atoms in total. The van der Waals surface area contributed by atoms with Gasteiger partial charge in [-0.2, -0.15) is 11.8 Å². The lowest BCUT2D eigenvalue weighted by atomic mass is 10.1. The predicted molar refractivity (Wildman–Crippen MR) is 98.3 cm³/mol. The number of hydrogen-bond acceptors (Lipinski definition) is 4. The van der Waals surface area contributed by atoms with Gasteiger partial charge in [0.2, 0.25) is 11.8 Å². The number of anilines is 1. The molecular formula is C16H24ClN3O2S. The molecule has 7 heteroatoms. The SMILES string of the molecule is CC(=O)Nc1cccc(C(C)NC(=O)CC2CSCCN2)c1.Cl. The Morgan fingerprint density at radius 2 is 2.22 bits per heavy atom. The molecule has 0 radical (unpaired) electrons. The highest BCUT2D eigenvalue weighted by Gasteiger charge is 2.18. The molecule has 0 aliphatic carbocycles. The fourth-order valence-corrected chi connectivity index (χ4v) is 3.40. The summed E-state index contributed by atoms with van der Waals surface area (Å²) in [5.74, 6) is 2.05. The minimum Gasteiger partial charge on any atom is -0.350 e. The van der Waals surface area contributed by atoms with Crippen molar-refractivity contribution in [3.8, 4) is 0 Å². The van der Waals surface area contributed by atoms with Crippen LogP contribution in [0.25, 0.3) is 0 Å². The van der Waals surface area contributed by atoms with Crippen LogP contribution in [0.5, 0.6) is 0 Å². The van der Waals surface area contributed by atoms with E-state index < -0.39 is 0 Å². The minimum absolute atomic E-state index is 0. The highest BCUT2D eigenvalue weighted by molar-refractivity contribution is 7.99. The van der Waals surface area contributed by atoms with E-state index in [4.69, 9.17) is 0 Å². The summed E-state index contributed by atoms with van der Waals surface area (Å²) >= 11 is 1.89. The van der Waals surface area contributed by atoms with Crippen LogP contribution in [0.4, 0.5) is 5.69 Å². The fourth-order valence-electron chi connectivity index (χ4n) is 2.45. The summed E-state index contributed by atoms with van der Waals surface area (Å²) in [5.41, 5.74) is 1.72. The topological polar surface area (TPSA) is 70.2 Å². The second-order valence-corrected chi connectivity index (χ2v) is 6.68. The van der Waals surface area contributed by atoms with Gasteiger partial charge in [-0.25, -0.2) is 0 Å². The predicted octanol–water partition coefficient (Wildman–Crippen LogP) is 2.34. The molecule has 2 unspecified atom stereocenters. The monoisotopic (exact) mass is 357 g/mol. The van der Waals surface area contributed by atoms with E-state index in [0.717, 1.165) is 29.3 Å². The summed E-state index contributed by atoms with van der Waals surface area (Å²) in [7, 11) is 0. The molecule has 0 saturated carbocycles. The number of benzene rings is 1. The third-order valence-corrected chi connectivity index (χ3v) is 4.65. The molecule has 1 aliphatic heterocycles. The van der Waals surface area contributed by atoms with Crippen molar-refractivity contribution in [2.75, 3.05) is 23.4 Å². The van der Waals surface area contributed by atoms with Crippen molar-refractivity contribution in [3.05, 3.63) is 29.8 Å². The molecule has 0 aromatic heterocycles. The van der Waals surface area contributed by atoms with Crippen molar-refractivity contribution in [1.29, 1.82) is 0 Å². The number of halogens is 1. The third-order valence-electron chi connectivity index (χ3n) is 3.51. The molecule has 2 atom stereocenters. The standard InChI is InChI=1S/C16H23N3O2S.ClH/c1-11(13-4-3-5-14(8-13)19-12(2)20)18-16(21)9-15-10-22-7-6-17-15;/h3-5,8,11,15,17H,6-7,9-10H2,1-2H3,(H,18,21)(H,19,20);1H. The lowest BCUT2D eigenvalue weighted by molar-refractivity contribution is -0.122. The summed E-state index contributed by atoms with van der Waals surface area (Å²) in [6, 6.07) is 7.73. The van der Waals surface area contributed by atoms with E-state index in [1.165, 1.54) is 6.92 Å². The van der Waals surface area contributed by atoms with Crippen LogP contribution in [0.3, 0.4) is 0 Å². The Morgan fingerprint density at radius 1 is 1.43 bits per heavy atom. The van der Waals surface area contributed by atoms with E-state index in [1.54, 1.807) is 0 Å². The fraction of sp³-hybridized carbons (Fsp3) is 0.500. The quantitative estimate of drug-likeness (QED) is 0.756. The number of carbonyl (C=O) groups is 2. The van der Waals surface area contributed by atoms with Gasteiger partial charge in [0.25, 0.3) is 0 Å². The summed E-state index contributed by atoms with van der Waals surface area (Å²) in [4.78, 5) is 23.2. The zero-order chi connectivity index (χ0) is 15.9. The number of nitrogens with one attached hydrogen (secondary N) is 3. The second-order valence-electron chi connectivity index (χ2n) is 5.53. The summed E-state index contributed by atoms with van der Waals surface area (Å²) < 4.78 is 0. The van der Waals surface area contributed by atoms with E-state index in [0.29, 0.717) is 6.42 Å². The second kappa shape index (κ2) is 9.80. The molecule has 2 rings (SSSR count). The maximum atomic E-state index is 12.1. The molecule has 1 aromatic rings. The Morgan fingerprint density at radius 3 is 2.87 bits per heavy atom. The summed E-state index contributed by atoms with van der Waals surface area (Å²) in [6.07, 6.45) is 0.503. The van der Waals surface area contributed by atoms with Gasteiger partial charge in [-0.15, -0.1) is 12.4 Å². The first-order valence-corrected chi connectivity index (χ1v) is 8.68. The van der Waals surface area contributed by atoms with Crippen LogP contribution in [-0.2, 0) is 9.59 Å². The van der Waals surface area contributed by atoms with E-state index >= 15 is 0 Å². The van der Waals surface area contributed by atoms with Crippen LogP contribution < -0.4 is 16.0 Å². The van der Waals surface area contributed by atoms with Gasteiger partial charge < -0.3 is 16.0 Å². The minimum atomic E-state index is -0.102. The zero-order valence-electron chi connectivity index (χ0n) is 13.4. The lowest BCUT2D eigenvalue weighted by Crippen LogP contribution is -2.41. The van der Waals surface area contributed by atoms with Gasteiger partial charge in [0.05, 0.1) is 6.04 Å². The van der Waals surface area contributed by atoms with E-state index in [1.807, 2.05) is 43.0 Å². The smallest absolute Gasteiger partial charge is 0.222 e. The molecule has 0 bridgehead atoms. The Hall–Kier alpha value is -1.24. The van der Waals surface area contributed by atoms with Gasteiger partial charge in [-0.1, -0.05) is 12.1 Å². The first-order chi connectivity index (χ1) is 10.5. The zero-order valence-corrected chi connectivity index (χ0v) is 15.1. The van der Waals surface area contributed by atoms with Gasteiger partial charge in [-0.05, 0) is 24.6 Å². The third kappa shape index (κ3) is 6.81. The van der Waals surface area contributed by atoms with E-state index in [-0.39, 0.29) is 36.3 Å². The molecular weight excluding hydrogens is 334 g/mol. The van der Waals surface area contributed by atoms with Gasteiger partial charge in [0, 0.05) is 43.1 Å². The Labute approximate surface area is 147 Å². The van der Waals surface area contributed by atoms with Crippen molar-refractivity contribution < 1.29 is 9.59 Å². The van der Waals surface area contributed by atoms with Crippen molar-refractivity contribution in [3.63, 3.8) is 0 Å². The molecule has 1 fully saturated rings. The largest absolute Gasteiger partial charge is 0.350 e. The van der Waals surface area contributed by atoms with E-state index in [2.05, 4.69) is 16.0 Å². The average Bonchev–Trinajstić information content (AvgIpc) is 2.47. The maximum absolute atomic E-state index is 12.1.